The Morgan fingerprint density at radius 2 is 1.48 bits per heavy atom. The molecule has 0 amide bonds. The van der Waals surface area contributed by atoms with Crippen LogP contribution in [0.5, 0.6) is 11.5 Å². The third-order valence-corrected chi connectivity index (χ3v) is 4.28. The molecule has 25 heavy (non-hydrogen) atoms. The summed E-state index contributed by atoms with van der Waals surface area (Å²) >= 11 is 0. The zero-order chi connectivity index (χ0) is 18.1. The highest BCUT2D eigenvalue weighted by Crippen LogP contribution is 2.33. The van der Waals surface area contributed by atoms with E-state index >= 15 is 0 Å². The van der Waals surface area contributed by atoms with Crippen LogP contribution in [0, 0.1) is 0 Å². The van der Waals surface area contributed by atoms with Gasteiger partial charge in [0.2, 0.25) is 0 Å². The van der Waals surface area contributed by atoms with E-state index in [0.717, 1.165) is 43.8 Å². The number of rotatable bonds is 9. The molecule has 0 radical (unpaired) electrons. The summed E-state index contributed by atoms with van der Waals surface area (Å²) < 4.78 is 12.0. The average molecular weight is 341 g/mol. The molecule has 2 nitrogen and oxygen atoms in total. The van der Waals surface area contributed by atoms with Crippen molar-refractivity contribution in [2.24, 2.45) is 0 Å². The van der Waals surface area contributed by atoms with Gasteiger partial charge in [-0.05, 0) is 47.9 Å². The smallest absolute Gasteiger partial charge is 0.161 e. The molecule has 0 unspecified atom stereocenters. The van der Waals surface area contributed by atoms with Crippen LogP contribution in [0.25, 0.3) is 0 Å². The summed E-state index contributed by atoms with van der Waals surface area (Å²) in [5, 5.41) is 0. The maximum atomic E-state index is 6.10. The molecule has 0 aliphatic rings. The molecule has 0 bridgehead atoms. The Labute approximate surface area is 153 Å². The number of hydrogen-bond donors (Lipinski definition) is 0. The van der Waals surface area contributed by atoms with E-state index in [0.29, 0.717) is 6.61 Å². The molecule has 0 aliphatic heterocycles. The fraction of sp³-hybridized carbons (Fsp3) is 0.478. The zero-order valence-electron chi connectivity index (χ0n) is 16.2. The lowest BCUT2D eigenvalue weighted by atomic mass is 9.87. The topological polar surface area (TPSA) is 18.5 Å². The summed E-state index contributed by atoms with van der Waals surface area (Å²) in [5.74, 6) is 1.73. The largest absolute Gasteiger partial charge is 0.490 e. The van der Waals surface area contributed by atoms with Crippen molar-refractivity contribution >= 4 is 0 Å². The van der Waals surface area contributed by atoms with E-state index in [2.05, 4.69) is 76.2 Å². The fourth-order valence-electron chi connectivity index (χ4n) is 2.64. The van der Waals surface area contributed by atoms with Gasteiger partial charge < -0.3 is 9.47 Å². The molecule has 0 atom stereocenters. The van der Waals surface area contributed by atoms with Crippen LogP contribution in [0.4, 0.5) is 0 Å². The monoisotopic (exact) mass is 340 g/mol. The van der Waals surface area contributed by atoms with E-state index in [9.17, 15) is 0 Å². The van der Waals surface area contributed by atoms with Gasteiger partial charge in [0.25, 0.3) is 0 Å². The molecular weight excluding hydrogens is 308 g/mol. The fourth-order valence-corrected chi connectivity index (χ4v) is 2.64. The zero-order valence-corrected chi connectivity index (χ0v) is 16.2. The van der Waals surface area contributed by atoms with E-state index in [1.807, 2.05) is 0 Å². The summed E-state index contributed by atoms with van der Waals surface area (Å²) in [6.07, 6.45) is 4.23. The van der Waals surface area contributed by atoms with Crippen LogP contribution in [-0.2, 0) is 11.8 Å². The Morgan fingerprint density at radius 3 is 2.16 bits per heavy atom. The maximum Gasteiger partial charge on any atom is 0.161 e. The van der Waals surface area contributed by atoms with Crippen molar-refractivity contribution in [3.05, 3.63) is 59.7 Å². The van der Waals surface area contributed by atoms with Gasteiger partial charge in [-0.2, -0.15) is 0 Å². The number of ether oxygens (including phenoxy) is 2. The number of aryl methyl sites for hydroxylation is 1. The van der Waals surface area contributed by atoms with Crippen molar-refractivity contribution in [2.45, 2.75) is 58.8 Å². The summed E-state index contributed by atoms with van der Waals surface area (Å²) in [7, 11) is 0. The van der Waals surface area contributed by atoms with Crippen molar-refractivity contribution in [3.63, 3.8) is 0 Å². The second-order valence-electron chi connectivity index (χ2n) is 7.55. The standard InChI is InChI=1S/C23H32O2/c1-5-6-16-24-21-15-14-20(23(2,3)4)18-22(21)25-17-10-13-19-11-8-7-9-12-19/h7-9,11-12,14-15,18H,5-6,10,13,16-17H2,1-4H3. The van der Waals surface area contributed by atoms with E-state index in [4.69, 9.17) is 9.47 Å². The molecule has 0 saturated heterocycles. The Balaban J connectivity index is 1.99. The summed E-state index contributed by atoms with van der Waals surface area (Å²) in [6, 6.07) is 16.9. The Morgan fingerprint density at radius 1 is 0.800 bits per heavy atom. The first-order chi connectivity index (χ1) is 12.0. The van der Waals surface area contributed by atoms with Crippen LogP contribution in [-0.4, -0.2) is 13.2 Å². The molecule has 2 aromatic carbocycles. The third-order valence-electron chi connectivity index (χ3n) is 4.28. The van der Waals surface area contributed by atoms with Gasteiger partial charge in [-0.25, -0.2) is 0 Å². The van der Waals surface area contributed by atoms with Crippen LogP contribution >= 0.6 is 0 Å². The highest BCUT2D eigenvalue weighted by Gasteiger charge is 2.16. The van der Waals surface area contributed by atoms with Gasteiger partial charge in [0.15, 0.2) is 11.5 Å². The van der Waals surface area contributed by atoms with Crippen molar-refractivity contribution < 1.29 is 9.47 Å². The van der Waals surface area contributed by atoms with Crippen LogP contribution in [0.2, 0.25) is 0 Å². The quantitative estimate of drug-likeness (QED) is 0.508. The molecule has 0 N–H and O–H groups in total. The van der Waals surface area contributed by atoms with E-state index in [1.54, 1.807) is 0 Å². The second-order valence-corrected chi connectivity index (χ2v) is 7.55. The van der Waals surface area contributed by atoms with Gasteiger partial charge in [0.05, 0.1) is 13.2 Å². The Kier molecular flexibility index (Phi) is 7.36. The minimum absolute atomic E-state index is 0.101. The van der Waals surface area contributed by atoms with Crippen molar-refractivity contribution in [3.8, 4) is 11.5 Å². The molecule has 0 saturated carbocycles. The molecule has 0 spiro atoms. The van der Waals surface area contributed by atoms with Gasteiger partial charge in [0.1, 0.15) is 0 Å². The van der Waals surface area contributed by atoms with E-state index in [-0.39, 0.29) is 5.41 Å². The minimum Gasteiger partial charge on any atom is -0.490 e. The second kappa shape index (κ2) is 9.50. The first kappa shape index (κ1) is 19.4. The normalized spacial score (nSPS) is 11.4. The Hall–Kier alpha value is -1.96. The first-order valence-corrected chi connectivity index (χ1v) is 9.44. The van der Waals surface area contributed by atoms with Crippen LogP contribution in [0.1, 0.15) is 58.1 Å². The average Bonchev–Trinajstić information content (AvgIpc) is 2.60. The molecule has 2 aromatic rings. The van der Waals surface area contributed by atoms with Crippen molar-refractivity contribution in [1.29, 1.82) is 0 Å². The van der Waals surface area contributed by atoms with Crippen LogP contribution in [0.15, 0.2) is 48.5 Å². The molecule has 0 aromatic heterocycles. The molecule has 0 aliphatic carbocycles. The minimum atomic E-state index is 0.101. The number of hydrogen-bond acceptors (Lipinski definition) is 2. The van der Waals surface area contributed by atoms with Gasteiger partial charge in [-0.1, -0.05) is 70.5 Å². The summed E-state index contributed by atoms with van der Waals surface area (Å²) in [5.41, 5.74) is 2.73. The van der Waals surface area contributed by atoms with Gasteiger partial charge in [-0.15, -0.1) is 0 Å². The molecular formula is C23H32O2. The molecule has 136 valence electrons. The van der Waals surface area contributed by atoms with Crippen LogP contribution < -0.4 is 9.47 Å². The van der Waals surface area contributed by atoms with E-state index in [1.165, 1.54) is 11.1 Å². The number of benzene rings is 2. The number of unbranched alkanes of at least 4 members (excludes halogenated alkanes) is 1. The highest BCUT2D eigenvalue weighted by molar-refractivity contribution is 5.44. The summed E-state index contributed by atoms with van der Waals surface area (Å²) in [6.45, 7) is 10.3. The highest BCUT2D eigenvalue weighted by atomic mass is 16.5. The molecule has 2 rings (SSSR count). The van der Waals surface area contributed by atoms with Crippen LogP contribution in [0.3, 0.4) is 0 Å². The lowest BCUT2D eigenvalue weighted by Gasteiger charge is -2.21. The van der Waals surface area contributed by atoms with E-state index < -0.39 is 0 Å². The lowest BCUT2D eigenvalue weighted by molar-refractivity contribution is 0.262. The molecule has 0 heterocycles. The Bertz CT molecular complexity index is 626. The summed E-state index contributed by atoms with van der Waals surface area (Å²) in [4.78, 5) is 0. The van der Waals surface area contributed by atoms with Gasteiger partial charge in [0, 0.05) is 0 Å². The van der Waals surface area contributed by atoms with Crippen molar-refractivity contribution in [2.75, 3.05) is 13.2 Å². The molecule has 0 fully saturated rings. The predicted octanol–water partition coefficient (Wildman–Crippen LogP) is 6.17. The SMILES string of the molecule is CCCCOc1ccc(C(C)(C)C)cc1OCCCc1ccccc1. The molecule has 2 heteroatoms. The lowest BCUT2D eigenvalue weighted by Crippen LogP contribution is -2.12. The first-order valence-electron chi connectivity index (χ1n) is 9.44. The van der Waals surface area contributed by atoms with Gasteiger partial charge in [-0.3, -0.25) is 0 Å². The predicted molar refractivity (Wildman–Crippen MR) is 106 cm³/mol. The van der Waals surface area contributed by atoms with Crippen molar-refractivity contribution in [1.82, 2.24) is 0 Å². The maximum absolute atomic E-state index is 6.10. The van der Waals surface area contributed by atoms with Gasteiger partial charge >= 0.3 is 0 Å². The third kappa shape index (κ3) is 6.45.